The van der Waals surface area contributed by atoms with Crippen LogP contribution in [0.1, 0.15) is 25.0 Å². The van der Waals surface area contributed by atoms with E-state index in [-0.39, 0.29) is 5.75 Å². The minimum atomic E-state index is 0.121. The van der Waals surface area contributed by atoms with Crippen LogP contribution in [0.15, 0.2) is 24.0 Å². The van der Waals surface area contributed by atoms with Crippen molar-refractivity contribution in [3.8, 4) is 11.5 Å². The van der Waals surface area contributed by atoms with Gasteiger partial charge in [-0.3, -0.25) is 0 Å². The Labute approximate surface area is 102 Å². The molecule has 0 aliphatic rings. The van der Waals surface area contributed by atoms with Crippen LogP contribution in [0.2, 0.25) is 0 Å². The molecule has 3 nitrogen and oxygen atoms in total. The van der Waals surface area contributed by atoms with Gasteiger partial charge in [0, 0.05) is 0 Å². The molecule has 1 aromatic carbocycles. The number of ether oxygens (including phenoxy) is 2. The first-order valence-electron chi connectivity index (χ1n) is 5.38. The summed E-state index contributed by atoms with van der Waals surface area (Å²) >= 11 is 0. The molecule has 17 heavy (non-hydrogen) atoms. The summed E-state index contributed by atoms with van der Waals surface area (Å²) in [7, 11) is 3.15. The van der Waals surface area contributed by atoms with Gasteiger partial charge in [0.05, 0.1) is 20.0 Å². The van der Waals surface area contributed by atoms with E-state index in [2.05, 4.69) is 0 Å². The van der Waals surface area contributed by atoms with Gasteiger partial charge in [-0.05, 0) is 43.2 Å². The van der Waals surface area contributed by atoms with Crippen LogP contribution >= 0.6 is 0 Å². The van der Waals surface area contributed by atoms with Gasteiger partial charge in [0.15, 0.2) is 11.5 Å². The summed E-state index contributed by atoms with van der Waals surface area (Å²) in [5.74, 6) is 1.36. The summed E-state index contributed by atoms with van der Waals surface area (Å²) in [6, 6.07) is 3.46. The molecule has 0 aliphatic heterocycles. The average molecular weight is 234 g/mol. The number of phenolic OH excluding ortho intramolecular Hbond substituents is 1. The second kappa shape index (κ2) is 5.99. The standard InChI is InChI=1S/C14H18O3/c1-5-6-11-9-14(17-4)13(15)8-12(11)7-10(2)16-3/h5-9,15H,1-4H3/b6-5-,10-7-. The highest BCUT2D eigenvalue weighted by Crippen LogP contribution is 2.31. The molecule has 0 fully saturated rings. The minimum Gasteiger partial charge on any atom is -0.504 e. The predicted molar refractivity (Wildman–Crippen MR) is 70.0 cm³/mol. The maximum atomic E-state index is 9.75. The molecular weight excluding hydrogens is 216 g/mol. The van der Waals surface area contributed by atoms with Crippen LogP contribution in [0.25, 0.3) is 12.2 Å². The third-order valence-electron chi connectivity index (χ3n) is 2.41. The fourth-order valence-corrected chi connectivity index (χ4v) is 1.49. The summed E-state index contributed by atoms with van der Waals surface area (Å²) in [5, 5.41) is 9.75. The van der Waals surface area contributed by atoms with Crippen molar-refractivity contribution in [2.75, 3.05) is 14.2 Å². The highest BCUT2D eigenvalue weighted by molar-refractivity contribution is 5.69. The fourth-order valence-electron chi connectivity index (χ4n) is 1.49. The Hall–Kier alpha value is -1.90. The minimum absolute atomic E-state index is 0.121. The largest absolute Gasteiger partial charge is 0.504 e. The molecular formula is C14H18O3. The number of rotatable bonds is 4. The number of hydrogen-bond donors (Lipinski definition) is 1. The molecule has 0 amide bonds. The number of phenols is 1. The average Bonchev–Trinajstić information content (AvgIpc) is 2.32. The van der Waals surface area contributed by atoms with Gasteiger partial charge < -0.3 is 14.6 Å². The van der Waals surface area contributed by atoms with E-state index >= 15 is 0 Å². The number of hydrogen-bond acceptors (Lipinski definition) is 3. The molecule has 0 atom stereocenters. The maximum Gasteiger partial charge on any atom is 0.161 e. The van der Waals surface area contributed by atoms with E-state index in [4.69, 9.17) is 9.47 Å². The van der Waals surface area contributed by atoms with Crippen molar-refractivity contribution >= 4 is 12.2 Å². The predicted octanol–water partition coefficient (Wildman–Crippen LogP) is 3.44. The zero-order valence-electron chi connectivity index (χ0n) is 10.7. The Balaban J connectivity index is 3.32. The lowest BCUT2D eigenvalue weighted by Gasteiger charge is -2.09. The molecule has 0 aliphatic carbocycles. The van der Waals surface area contributed by atoms with Crippen LogP contribution in [0.4, 0.5) is 0 Å². The lowest BCUT2D eigenvalue weighted by atomic mass is 10.0. The maximum absolute atomic E-state index is 9.75. The van der Waals surface area contributed by atoms with E-state index in [0.717, 1.165) is 16.9 Å². The van der Waals surface area contributed by atoms with Gasteiger partial charge >= 0.3 is 0 Å². The van der Waals surface area contributed by atoms with Crippen molar-refractivity contribution in [2.24, 2.45) is 0 Å². The zero-order valence-corrected chi connectivity index (χ0v) is 10.7. The number of benzene rings is 1. The molecule has 0 radical (unpaired) electrons. The Morgan fingerprint density at radius 1 is 1.24 bits per heavy atom. The highest BCUT2D eigenvalue weighted by Gasteiger charge is 2.06. The first-order valence-corrected chi connectivity index (χ1v) is 5.38. The lowest BCUT2D eigenvalue weighted by molar-refractivity contribution is 0.297. The van der Waals surface area contributed by atoms with Gasteiger partial charge in [-0.2, -0.15) is 0 Å². The topological polar surface area (TPSA) is 38.7 Å². The SMILES string of the molecule is C/C=C\c1cc(OC)c(O)cc1/C=C(/C)OC. The summed E-state index contributed by atoms with van der Waals surface area (Å²) in [6.45, 7) is 3.80. The first kappa shape index (κ1) is 13.2. The van der Waals surface area contributed by atoms with E-state index in [1.165, 1.54) is 7.11 Å². The van der Waals surface area contributed by atoms with Gasteiger partial charge in [-0.25, -0.2) is 0 Å². The van der Waals surface area contributed by atoms with Crippen LogP contribution in [-0.2, 0) is 4.74 Å². The van der Waals surface area contributed by atoms with Crippen molar-refractivity contribution in [3.63, 3.8) is 0 Å². The third kappa shape index (κ3) is 3.28. The fraction of sp³-hybridized carbons (Fsp3) is 0.286. The lowest BCUT2D eigenvalue weighted by Crippen LogP contribution is -1.89. The third-order valence-corrected chi connectivity index (χ3v) is 2.41. The van der Waals surface area contributed by atoms with Crippen molar-refractivity contribution in [2.45, 2.75) is 13.8 Å². The molecule has 92 valence electrons. The molecule has 0 saturated heterocycles. The molecule has 3 heteroatoms. The van der Waals surface area contributed by atoms with Crippen LogP contribution in [0, 0.1) is 0 Å². The molecule has 0 heterocycles. The molecule has 0 unspecified atom stereocenters. The Morgan fingerprint density at radius 2 is 1.94 bits per heavy atom. The zero-order chi connectivity index (χ0) is 12.8. The Morgan fingerprint density at radius 3 is 2.47 bits per heavy atom. The smallest absolute Gasteiger partial charge is 0.161 e. The normalized spacial score (nSPS) is 11.9. The van der Waals surface area contributed by atoms with Crippen LogP contribution in [0.3, 0.4) is 0 Å². The van der Waals surface area contributed by atoms with Gasteiger partial charge in [0.2, 0.25) is 0 Å². The molecule has 1 rings (SSSR count). The Kier molecular flexibility index (Phi) is 4.64. The molecule has 0 aromatic heterocycles. The first-order chi connectivity index (χ1) is 8.12. The highest BCUT2D eigenvalue weighted by atomic mass is 16.5. The quantitative estimate of drug-likeness (QED) is 0.811. The second-order valence-electron chi connectivity index (χ2n) is 3.61. The van der Waals surface area contributed by atoms with Gasteiger partial charge in [-0.1, -0.05) is 12.2 Å². The van der Waals surface area contributed by atoms with Crippen LogP contribution in [-0.4, -0.2) is 19.3 Å². The van der Waals surface area contributed by atoms with Crippen molar-refractivity contribution in [3.05, 3.63) is 35.1 Å². The van der Waals surface area contributed by atoms with E-state index < -0.39 is 0 Å². The van der Waals surface area contributed by atoms with Crippen LogP contribution < -0.4 is 4.74 Å². The van der Waals surface area contributed by atoms with Crippen molar-refractivity contribution < 1.29 is 14.6 Å². The Bertz CT molecular complexity index is 445. The number of aromatic hydroxyl groups is 1. The number of allylic oxidation sites excluding steroid dienone is 2. The van der Waals surface area contributed by atoms with Crippen molar-refractivity contribution in [1.29, 1.82) is 0 Å². The second-order valence-corrected chi connectivity index (χ2v) is 3.61. The monoisotopic (exact) mass is 234 g/mol. The van der Waals surface area contributed by atoms with E-state index in [0.29, 0.717) is 5.75 Å². The van der Waals surface area contributed by atoms with Crippen LogP contribution in [0.5, 0.6) is 11.5 Å². The summed E-state index contributed by atoms with van der Waals surface area (Å²) in [4.78, 5) is 0. The number of methoxy groups -OCH3 is 2. The van der Waals surface area contributed by atoms with Gasteiger partial charge in [0.1, 0.15) is 0 Å². The molecule has 0 spiro atoms. The van der Waals surface area contributed by atoms with Gasteiger partial charge in [0.25, 0.3) is 0 Å². The van der Waals surface area contributed by atoms with Gasteiger partial charge in [-0.15, -0.1) is 0 Å². The molecule has 0 saturated carbocycles. The van der Waals surface area contributed by atoms with E-state index in [9.17, 15) is 5.11 Å². The molecule has 1 N–H and O–H groups in total. The summed E-state index contributed by atoms with van der Waals surface area (Å²) in [6.07, 6.45) is 5.76. The summed E-state index contributed by atoms with van der Waals surface area (Å²) < 4.78 is 10.2. The summed E-state index contributed by atoms with van der Waals surface area (Å²) in [5.41, 5.74) is 1.86. The molecule has 1 aromatic rings. The van der Waals surface area contributed by atoms with Crippen molar-refractivity contribution in [1.82, 2.24) is 0 Å². The van der Waals surface area contributed by atoms with E-state index in [1.54, 1.807) is 19.2 Å². The van der Waals surface area contributed by atoms with E-state index in [1.807, 2.05) is 32.1 Å². The molecule has 0 bridgehead atoms.